The van der Waals surface area contributed by atoms with Gasteiger partial charge >= 0.3 is 0 Å². The van der Waals surface area contributed by atoms with E-state index in [1.807, 2.05) is 6.07 Å². The van der Waals surface area contributed by atoms with Gasteiger partial charge < -0.3 is 16.6 Å². The molecule has 0 aromatic heterocycles. The predicted molar refractivity (Wildman–Crippen MR) is 49.6 cm³/mol. The lowest BCUT2D eigenvalue weighted by Crippen LogP contribution is -2.16. The Labute approximate surface area is 76.4 Å². The smallest absolute Gasteiger partial charge is 0.0992 e. The zero-order valence-electron chi connectivity index (χ0n) is 7.07. The number of hydrogen-bond donors (Lipinski definition) is 3. The normalized spacial score (nSPS) is 12.1. The molecule has 0 aliphatic heterocycles. The van der Waals surface area contributed by atoms with Gasteiger partial charge in [0.05, 0.1) is 24.3 Å². The van der Waals surface area contributed by atoms with Crippen molar-refractivity contribution in [2.75, 3.05) is 12.3 Å². The first-order valence-electron chi connectivity index (χ1n) is 3.85. The first kappa shape index (κ1) is 9.52. The van der Waals surface area contributed by atoms with E-state index >= 15 is 0 Å². The Morgan fingerprint density at radius 3 is 2.69 bits per heavy atom. The fraction of sp³-hybridized carbons (Fsp3) is 0.222. The van der Waals surface area contributed by atoms with Crippen molar-refractivity contribution in [3.8, 4) is 6.07 Å². The Kier molecular flexibility index (Phi) is 2.85. The number of nitrogens with zero attached hydrogens (tertiary/aromatic N) is 1. The first-order valence-corrected chi connectivity index (χ1v) is 3.85. The van der Waals surface area contributed by atoms with E-state index in [1.54, 1.807) is 18.2 Å². The number of rotatable bonds is 2. The third-order valence-corrected chi connectivity index (χ3v) is 1.81. The van der Waals surface area contributed by atoms with Gasteiger partial charge in [0.1, 0.15) is 0 Å². The molecule has 4 heteroatoms. The second kappa shape index (κ2) is 3.90. The minimum atomic E-state index is -0.479. The molecule has 0 amide bonds. The summed E-state index contributed by atoms with van der Waals surface area (Å²) in [5, 5.41) is 17.4. The number of nitrogen functional groups attached to an aromatic ring is 1. The number of nitrogens with two attached hydrogens (primary N) is 2. The summed E-state index contributed by atoms with van der Waals surface area (Å²) >= 11 is 0. The Bertz CT molecular complexity index is 343. The van der Waals surface area contributed by atoms with Crippen molar-refractivity contribution in [1.29, 1.82) is 5.26 Å². The van der Waals surface area contributed by atoms with E-state index in [1.165, 1.54) is 0 Å². The first-order chi connectivity index (χ1) is 6.19. The van der Waals surface area contributed by atoms with Gasteiger partial charge in [0.15, 0.2) is 0 Å². The van der Waals surface area contributed by atoms with Crippen molar-refractivity contribution >= 4 is 5.69 Å². The van der Waals surface area contributed by atoms with Crippen LogP contribution in [0.3, 0.4) is 0 Å². The zero-order chi connectivity index (χ0) is 9.84. The van der Waals surface area contributed by atoms with Crippen molar-refractivity contribution < 1.29 is 5.11 Å². The van der Waals surface area contributed by atoms with Crippen LogP contribution in [0.2, 0.25) is 0 Å². The average molecular weight is 177 g/mol. The molecule has 0 bridgehead atoms. The molecule has 0 fully saturated rings. The molecule has 0 saturated heterocycles. The van der Waals surface area contributed by atoms with Gasteiger partial charge in [0.2, 0.25) is 0 Å². The molecule has 68 valence electrons. The molecule has 0 saturated carbocycles. The molecular weight excluding hydrogens is 166 g/mol. The minimum Gasteiger partial charge on any atom is -0.398 e. The second-order valence-electron chi connectivity index (χ2n) is 2.74. The van der Waals surface area contributed by atoms with E-state index in [0.29, 0.717) is 16.8 Å². The lowest BCUT2D eigenvalue weighted by atomic mass is 10.0. The third-order valence-electron chi connectivity index (χ3n) is 1.81. The molecule has 4 nitrogen and oxygen atoms in total. The van der Waals surface area contributed by atoms with Crippen LogP contribution in [0.25, 0.3) is 0 Å². The molecule has 0 spiro atoms. The summed E-state index contributed by atoms with van der Waals surface area (Å²) in [5.74, 6) is 0. The highest BCUT2D eigenvalue weighted by Gasteiger charge is 2.08. The van der Waals surface area contributed by atoms with E-state index < -0.39 is 6.04 Å². The highest BCUT2D eigenvalue weighted by Crippen LogP contribution is 2.19. The predicted octanol–water partition coefficient (Wildman–Crippen LogP) is 0.133. The third kappa shape index (κ3) is 1.96. The maximum atomic E-state index is 8.79. The van der Waals surface area contributed by atoms with Crippen molar-refractivity contribution in [3.05, 3.63) is 29.3 Å². The Balaban J connectivity index is 3.07. The van der Waals surface area contributed by atoms with E-state index in [2.05, 4.69) is 0 Å². The number of nitriles is 1. The molecule has 1 aromatic rings. The van der Waals surface area contributed by atoms with Gasteiger partial charge in [0, 0.05) is 5.69 Å². The van der Waals surface area contributed by atoms with Crippen LogP contribution < -0.4 is 11.5 Å². The largest absolute Gasteiger partial charge is 0.398 e. The number of anilines is 1. The molecule has 1 aromatic carbocycles. The summed E-state index contributed by atoms with van der Waals surface area (Å²) in [6.45, 7) is -0.157. The van der Waals surface area contributed by atoms with Crippen molar-refractivity contribution in [3.63, 3.8) is 0 Å². The molecule has 1 unspecified atom stereocenters. The molecule has 13 heavy (non-hydrogen) atoms. The molecule has 0 aliphatic rings. The van der Waals surface area contributed by atoms with Crippen LogP contribution >= 0.6 is 0 Å². The van der Waals surface area contributed by atoms with Gasteiger partial charge in [-0.25, -0.2) is 0 Å². The topological polar surface area (TPSA) is 96.1 Å². The number of aliphatic hydroxyl groups is 1. The number of aliphatic hydroxyl groups excluding tert-OH is 1. The van der Waals surface area contributed by atoms with E-state index in [4.69, 9.17) is 21.8 Å². The van der Waals surface area contributed by atoms with Gasteiger partial charge in [-0.15, -0.1) is 0 Å². The SMILES string of the molecule is N#Cc1ccc(C(N)CO)c(N)c1. The van der Waals surface area contributed by atoms with Gasteiger partial charge in [0.25, 0.3) is 0 Å². The van der Waals surface area contributed by atoms with E-state index in [0.717, 1.165) is 0 Å². The molecular formula is C9H11N3O. The maximum absolute atomic E-state index is 8.79. The Hall–Kier alpha value is -1.57. The van der Waals surface area contributed by atoms with Gasteiger partial charge in [-0.3, -0.25) is 0 Å². The summed E-state index contributed by atoms with van der Waals surface area (Å²) in [6, 6.07) is 6.32. The monoisotopic (exact) mass is 177 g/mol. The van der Waals surface area contributed by atoms with Crippen LogP contribution in [-0.2, 0) is 0 Å². The highest BCUT2D eigenvalue weighted by atomic mass is 16.3. The summed E-state index contributed by atoms with van der Waals surface area (Å²) in [7, 11) is 0. The Morgan fingerprint density at radius 1 is 1.54 bits per heavy atom. The van der Waals surface area contributed by atoms with Crippen LogP contribution in [0.15, 0.2) is 18.2 Å². The van der Waals surface area contributed by atoms with Crippen LogP contribution in [0.4, 0.5) is 5.69 Å². The molecule has 1 atom stereocenters. The second-order valence-corrected chi connectivity index (χ2v) is 2.74. The van der Waals surface area contributed by atoms with Crippen molar-refractivity contribution in [2.45, 2.75) is 6.04 Å². The summed E-state index contributed by atoms with van der Waals surface area (Å²) in [5.41, 5.74) is 12.8. The van der Waals surface area contributed by atoms with Crippen molar-refractivity contribution in [2.24, 2.45) is 5.73 Å². The summed E-state index contributed by atoms with van der Waals surface area (Å²) < 4.78 is 0. The minimum absolute atomic E-state index is 0.157. The fourth-order valence-electron chi connectivity index (χ4n) is 1.08. The van der Waals surface area contributed by atoms with E-state index in [9.17, 15) is 0 Å². The van der Waals surface area contributed by atoms with Crippen molar-refractivity contribution in [1.82, 2.24) is 0 Å². The maximum Gasteiger partial charge on any atom is 0.0992 e. The van der Waals surface area contributed by atoms with Gasteiger partial charge in [-0.05, 0) is 17.7 Å². The number of hydrogen-bond acceptors (Lipinski definition) is 4. The zero-order valence-corrected chi connectivity index (χ0v) is 7.07. The van der Waals surface area contributed by atoms with Crippen LogP contribution in [0, 0.1) is 11.3 Å². The lowest BCUT2D eigenvalue weighted by molar-refractivity contribution is 0.268. The highest BCUT2D eigenvalue weighted by molar-refractivity contribution is 5.53. The average Bonchev–Trinajstić information content (AvgIpc) is 2.16. The van der Waals surface area contributed by atoms with Crippen LogP contribution in [-0.4, -0.2) is 11.7 Å². The fourth-order valence-corrected chi connectivity index (χ4v) is 1.08. The molecule has 0 heterocycles. The Morgan fingerprint density at radius 2 is 2.23 bits per heavy atom. The molecule has 5 N–H and O–H groups in total. The van der Waals surface area contributed by atoms with Gasteiger partial charge in [-0.1, -0.05) is 6.07 Å². The van der Waals surface area contributed by atoms with Gasteiger partial charge in [-0.2, -0.15) is 5.26 Å². The summed E-state index contributed by atoms with van der Waals surface area (Å²) in [4.78, 5) is 0. The molecule has 0 aliphatic carbocycles. The summed E-state index contributed by atoms with van der Waals surface area (Å²) in [6.07, 6.45) is 0. The van der Waals surface area contributed by atoms with E-state index in [-0.39, 0.29) is 6.61 Å². The van der Waals surface area contributed by atoms with Crippen LogP contribution in [0.5, 0.6) is 0 Å². The molecule has 0 radical (unpaired) electrons. The lowest BCUT2D eigenvalue weighted by Gasteiger charge is -2.11. The van der Waals surface area contributed by atoms with Crippen LogP contribution in [0.1, 0.15) is 17.2 Å². The quantitative estimate of drug-likeness (QED) is 0.559. The standard InChI is InChI=1S/C9H11N3O/c10-4-6-1-2-7(8(11)3-6)9(12)5-13/h1-3,9,13H,5,11-12H2. The number of benzene rings is 1. The molecule has 1 rings (SSSR count).